The SMILES string of the molecule is CC1(C)CCC(O)(c2ccc(C(F)(F)F)c(F)c2)C1. The van der Waals surface area contributed by atoms with Gasteiger partial charge in [0.1, 0.15) is 5.82 Å². The zero-order chi connectivity index (χ0) is 14.5. The molecule has 1 N–H and O–H groups in total. The minimum absolute atomic E-state index is 0.0894. The molecule has 1 nitrogen and oxygen atoms in total. The Labute approximate surface area is 109 Å². The van der Waals surface area contributed by atoms with Crippen molar-refractivity contribution < 1.29 is 22.7 Å². The van der Waals surface area contributed by atoms with E-state index in [9.17, 15) is 22.7 Å². The van der Waals surface area contributed by atoms with E-state index >= 15 is 0 Å². The van der Waals surface area contributed by atoms with Gasteiger partial charge in [-0.1, -0.05) is 19.9 Å². The summed E-state index contributed by atoms with van der Waals surface area (Å²) in [5, 5.41) is 10.5. The third kappa shape index (κ3) is 2.76. The first-order chi connectivity index (χ1) is 8.54. The summed E-state index contributed by atoms with van der Waals surface area (Å²) in [4.78, 5) is 0. The lowest BCUT2D eigenvalue weighted by molar-refractivity contribution is -0.140. The monoisotopic (exact) mass is 276 g/mol. The van der Waals surface area contributed by atoms with Crippen molar-refractivity contribution in [3.63, 3.8) is 0 Å². The zero-order valence-corrected chi connectivity index (χ0v) is 10.8. The summed E-state index contributed by atoms with van der Waals surface area (Å²) in [6.07, 6.45) is -3.10. The van der Waals surface area contributed by atoms with Crippen LogP contribution >= 0.6 is 0 Å². The molecular formula is C14H16F4O. The maximum atomic E-state index is 13.5. The van der Waals surface area contributed by atoms with E-state index < -0.39 is 23.2 Å². The van der Waals surface area contributed by atoms with Crippen molar-refractivity contribution >= 4 is 0 Å². The number of halogens is 4. The van der Waals surface area contributed by atoms with E-state index in [0.717, 1.165) is 12.5 Å². The molecule has 1 aliphatic rings. The molecule has 0 heterocycles. The van der Waals surface area contributed by atoms with E-state index in [-0.39, 0.29) is 11.0 Å². The molecule has 1 fully saturated rings. The van der Waals surface area contributed by atoms with Crippen LogP contribution in [0.3, 0.4) is 0 Å². The summed E-state index contributed by atoms with van der Waals surface area (Å²) in [5.41, 5.74) is -2.39. The second-order valence-electron chi connectivity index (χ2n) is 6.06. The smallest absolute Gasteiger partial charge is 0.385 e. The van der Waals surface area contributed by atoms with E-state index in [1.54, 1.807) is 0 Å². The Balaban J connectivity index is 2.36. The highest BCUT2D eigenvalue weighted by atomic mass is 19.4. The number of hydrogen-bond acceptors (Lipinski definition) is 1. The summed E-state index contributed by atoms with van der Waals surface area (Å²) in [7, 11) is 0. The maximum Gasteiger partial charge on any atom is 0.419 e. The fraction of sp³-hybridized carbons (Fsp3) is 0.571. The lowest BCUT2D eigenvalue weighted by atomic mass is 9.85. The van der Waals surface area contributed by atoms with Crippen molar-refractivity contribution in [3.05, 3.63) is 35.1 Å². The van der Waals surface area contributed by atoms with Crippen molar-refractivity contribution in [1.82, 2.24) is 0 Å². The van der Waals surface area contributed by atoms with Crippen molar-refractivity contribution in [3.8, 4) is 0 Å². The highest BCUT2D eigenvalue weighted by Gasteiger charge is 2.44. The van der Waals surface area contributed by atoms with E-state index in [0.29, 0.717) is 18.9 Å². The molecule has 0 amide bonds. The number of rotatable bonds is 1. The molecule has 1 atom stereocenters. The van der Waals surface area contributed by atoms with Crippen LogP contribution in [0.4, 0.5) is 17.6 Å². The number of hydrogen-bond donors (Lipinski definition) is 1. The van der Waals surface area contributed by atoms with Crippen LogP contribution in [0.2, 0.25) is 0 Å². The van der Waals surface area contributed by atoms with Crippen molar-refractivity contribution in [1.29, 1.82) is 0 Å². The molecule has 1 aromatic rings. The van der Waals surface area contributed by atoms with Crippen molar-refractivity contribution in [2.45, 2.75) is 44.9 Å². The minimum atomic E-state index is -4.71. The Kier molecular flexibility index (Phi) is 3.16. The molecule has 19 heavy (non-hydrogen) atoms. The zero-order valence-electron chi connectivity index (χ0n) is 10.8. The van der Waals surface area contributed by atoms with Crippen LogP contribution in [-0.2, 0) is 11.8 Å². The van der Waals surface area contributed by atoms with Gasteiger partial charge in [-0.15, -0.1) is 0 Å². The molecule has 106 valence electrons. The van der Waals surface area contributed by atoms with Gasteiger partial charge in [-0.05, 0) is 42.4 Å². The molecule has 0 aromatic heterocycles. The fourth-order valence-corrected chi connectivity index (χ4v) is 2.79. The highest BCUT2D eigenvalue weighted by molar-refractivity contribution is 5.31. The van der Waals surface area contributed by atoms with Gasteiger partial charge < -0.3 is 5.11 Å². The molecule has 2 rings (SSSR count). The van der Waals surface area contributed by atoms with Crippen LogP contribution in [0.5, 0.6) is 0 Å². The third-order valence-electron chi connectivity index (χ3n) is 3.80. The lowest BCUT2D eigenvalue weighted by Gasteiger charge is -2.26. The molecular weight excluding hydrogens is 260 g/mol. The maximum absolute atomic E-state index is 13.5. The van der Waals surface area contributed by atoms with Crippen LogP contribution < -0.4 is 0 Å². The predicted molar refractivity (Wildman–Crippen MR) is 62.9 cm³/mol. The van der Waals surface area contributed by atoms with Crippen LogP contribution in [0.1, 0.15) is 44.2 Å². The van der Waals surface area contributed by atoms with Gasteiger partial charge in [-0.3, -0.25) is 0 Å². The molecule has 0 bridgehead atoms. The Morgan fingerprint density at radius 3 is 2.21 bits per heavy atom. The summed E-state index contributed by atoms with van der Waals surface area (Å²) in [6, 6.07) is 2.69. The summed E-state index contributed by atoms with van der Waals surface area (Å²) < 4.78 is 51.0. The van der Waals surface area contributed by atoms with Gasteiger partial charge in [0, 0.05) is 0 Å². The van der Waals surface area contributed by atoms with Crippen molar-refractivity contribution in [2.75, 3.05) is 0 Å². The molecule has 0 spiro atoms. The second kappa shape index (κ2) is 4.20. The van der Waals surface area contributed by atoms with E-state index in [1.165, 1.54) is 6.07 Å². The minimum Gasteiger partial charge on any atom is -0.385 e. The van der Waals surface area contributed by atoms with Gasteiger partial charge in [0.05, 0.1) is 11.2 Å². The molecule has 1 saturated carbocycles. The molecule has 1 aliphatic carbocycles. The predicted octanol–water partition coefficient (Wildman–Crippen LogP) is 4.24. The number of benzene rings is 1. The Morgan fingerprint density at radius 2 is 1.79 bits per heavy atom. The van der Waals surface area contributed by atoms with Gasteiger partial charge in [0.2, 0.25) is 0 Å². The standard InChI is InChI=1S/C14H16F4O/c1-12(2)5-6-13(19,8-12)9-3-4-10(11(15)7-9)14(16,17)18/h3-4,7,19H,5-6,8H2,1-2H3. The molecule has 1 unspecified atom stereocenters. The average molecular weight is 276 g/mol. The van der Waals surface area contributed by atoms with E-state index in [2.05, 4.69) is 0 Å². The van der Waals surface area contributed by atoms with Gasteiger partial charge >= 0.3 is 6.18 Å². The summed E-state index contributed by atoms with van der Waals surface area (Å²) in [6.45, 7) is 3.96. The highest BCUT2D eigenvalue weighted by Crippen LogP contribution is 2.49. The molecule has 0 radical (unpaired) electrons. The summed E-state index contributed by atoms with van der Waals surface area (Å²) >= 11 is 0. The topological polar surface area (TPSA) is 20.2 Å². The van der Waals surface area contributed by atoms with Crippen LogP contribution in [0.15, 0.2) is 18.2 Å². The van der Waals surface area contributed by atoms with Gasteiger partial charge in [0.15, 0.2) is 0 Å². The van der Waals surface area contributed by atoms with E-state index in [1.807, 2.05) is 13.8 Å². The normalized spacial score (nSPS) is 26.7. The average Bonchev–Trinajstić information content (AvgIpc) is 2.52. The van der Waals surface area contributed by atoms with Crippen LogP contribution in [-0.4, -0.2) is 5.11 Å². The Morgan fingerprint density at radius 1 is 1.16 bits per heavy atom. The van der Waals surface area contributed by atoms with Crippen LogP contribution in [0.25, 0.3) is 0 Å². The van der Waals surface area contributed by atoms with E-state index in [4.69, 9.17) is 0 Å². The first-order valence-corrected chi connectivity index (χ1v) is 6.13. The van der Waals surface area contributed by atoms with Gasteiger partial charge in [-0.2, -0.15) is 13.2 Å². The number of alkyl halides is 3. The molecule has 0 saturated heterocycles. The molecule has 0 aliphatic heterocycles. The fourth-order valence-electron chi connectivity index (χ4n) is 2.79. The Hall–Kier alpha value is -1.10. The third-order valence-corrected chi connectivity index (χ3v) is 3.80. The molecule has 1 aromatic carbocycles. The lowest BCUT2D eigenvalue weighted by Crippen LogP contribution is -2.24. The van der Waals surface area contributed by atoms with Gasteiger partial charge in [-0.25, -0.2) is 4.39 Å². The second-order valence-corrected chi connectivity index (χ2v) is 6.06. The largest absolute Gasteiger partial charge is 0.419 e. The Bertz CT molecular complexity index is 493. The van der Waals surface area contributed by atoms with Gasteiger partial charge in [0.25, 0.3) is 0 Å². The first kappa shape index (κ1) is 14.3. The first-order valence-electron chi connectivity index (χ1n) is 6.13. The van der Waals surface area contributed by atoms with Crippen LogP contribution in [0, 0.1) is 11.2 Å². The van der Waals surface area contributed by atoms with Crippen molar-refractivity contribution in [2.24, 2.45) is 5.41 Å². The molecule has 5 heteroatoms. The summed E-state index contributed by atoms with van der Waals surface area (Å²) in [5.74, 6) is -1.33. The number of aliphatic hydroxyl groups is 1. The quantitative estimate of drug-likeness (QED) is 0.760.